The number of carbonyl (C=O) groups excluding carboxylic acids is 2. The van der Waals surface area contributed by atoms with E-state index in [1.54, 1.807) is 23.5 Å². The summed E-state index contributed by atoms with van der Waals surface area (Å²) in [5.74, 6) is -0.232. The van der Waals surface area contributed by atoms with E-state index < -0.39 is 16.7 Å². The average molecular weight is 468 g/mol. The lowest BCUT2D eigenvalue weighted by molar-refractivity contribution is -0.384. The maximum atomic E-state index is 12.8. The number of nitrogens with zero attached hydrogens (tertiary/aromatic N) is 3. The van der Waals surface area contributed by atoms with Gasteiger partial charge in [0.1, 0.15) is 23.7 Å². The van der Waals surface area contributed by atoms with Crippen molar-refractivity contribution in [3.8, 4) is 22.8 Å². The molecule has 1 aliphatic heterocycles. The van der Waals surface area contributed by atoms with E-state index in [1.807, 2.05) is 19.9 Å². The van der Waals surface area contributed by atoms with Crippen LogP contribution in [0.3, 0.4) is 0 Å². The van der Waals surface area contributed by atoms with Crippen molar-refractivity contribution in [3.05, 3.63) is 56.4 Å². The molecule has 2 amide bonds. The SMILES string of the molecule is COc1ccc(NC(=O)CN2C(=O)COc3ccc(-c4nc(C)sc4C)cc32)c([N+](=O)[O-])c1. The van der Waals surface area contributed by atoms with Crippen molar-refractivity contribution in [2.75, 3.05) is 30.5 Å². The normalized spacial score (nSPS) is 12.7. The van der Waals surface area contributed by atoms with E-state index in [0.717, 1.165) is 21.1 Å². The Bertz CT molecular complexity index is 1270. The number of hydrogen-bond acceptors (Lipinski definition) is 8. The molecular formula is C22H20N4O6S. The highest BCUT2D eigenvalue weighted by molar-refractivity contribution is 7.11. The predicted octanol–water partition coefficient (Wildman–Crippen LogP) is 3.71. The number of carbonyl (C=O) groups is 2. The summed E-state index contributed by atoms with van der Waals surface area (Å²) in [6.45, 7) is 3.34. The fraction of sp³-hybridized carbons (Fsp3) is 0.227. The summed E-state index contributed by atoms with van der Waals surface area (Å²) in [7, 11) is 1.39. The van der Waals surface area contributed by atoms with Gasteiger partial charge < -0.3 is 14.8 Å². The maximum Gasteiger partial charge on any atom is 0.296 e. The average Bonchev–Trinajstić information content (AvgIpc) is 3.13. The molecule has 0 spiro atoms. The van der Waals surface area contributed by atoms with Gasteiger partial charge in [0.25, 0.3) is 11.6 Å². The van der Waals surface area contributed by atoms with E-state index in [-0.39, 0.29) is 30.3 Å². The number of ether oxygens (including phenoxy) is 2. The molecule has 0 unspecified atom stereocenters. The molecule has 170 valence electrons. The number of amides is 2. The Kier molecular flexibility index (Phi) is 5.97. The Labute approximate surface area is 192 Å². The van der Waals surface area contributed by atoms with Gasteiger partial charge in [0.05, 0.1) is 34.5 Å². The summed E-state index contributed by atoms with van der Waals surface area (Å²) < 4.78 is 10.5. The van der Waals surface area contributed by atoms with Gasteiger partial charge in [0.15, 0.2) is 6.61 Å². The second-order valence-electron chi connectivity index (χ2n) is 7.28. The number of hydrogen-bond donors (Lipinski definition) is 1. The number of aromatic nitrogens is 1. The highest BCUT2D eigenvalue weighted by Gasteiger charge is 2.29. The van der Waals surface area contributed by atoms with E-state index in [4.69, 9.17) is 9.47 Å². The van der Waals surface area contributed by atoms with Crippen LogP contribution in [0.5, 0.6) is 11.5 Å². The van der Waals surface area contributed by atoms with Crippen molar-refractivity contribution in [3.63, 3.8) is 0 Å². The third-order valence-corrected chi connectivity index (χ3v) is 5.94. The smallest absolute Gasteiger partial charge is 0.296 e. The molecule has 11 heteroatoms. The molecule has 10 nitrogen and oxygen atoms in total. The van der Waals surface area contributed by atoms with E-state index in [9.17, 15) is 19.7 Å². The number of anilines is 2. The summed E-state index contributed by atoms with van der Waals surface area (Å²) in [4.78, 5) is 43.0. The molecule has 2 aromatic carbocycles. The van der Waals surface area contributed by atoms with Crippen LogP contribution in [-0.4, -0.2) is 42.0 Å². The van der Waals surface area contributed by atoms with Crippen LogP contribution >= 0.6 is 11.3 Å². The molecule has 1 N–H and O–H groups in total. The lowest BCUT2D eigenvalue weighted by atomic mass is 10.1. The maximum absolute atomic E-state index is 12.8. The van der Waals surface area contributed by atoms with Crippen LogP contribution < -0.4 is 19.7 Å². The highest BCUT2D eigenvalue weighted by Crippen LogP contribution is 2.37. The molecule has 0 bridgehead atoms. The fourth-order valence-corrected chi connectivity index (χ4v) is 4.39. The molecule has 4 rings (SSSR count). The molecular weight excluding hydrogens is 448 g/mol. The van der Waals surface area contributed by atoms with Gasteiger partial charge in [0.2, 0.25) is 5.91 Å². The van der Waals surface area contributed by atoms with E-state index in [1.165, 1.54) is 30.2 Å². The molecule has 0 radical (unpaired) electrons. The van der Waals surface area contributed by atoms with E-state index >= 15 is 0 Å². The summed E-state index contributed by atoms with van der Waals surface area (Å²) in [6.07, 6.45) is 0. The largest absolute Gasteiger partial charge is 0.496 e. The number of nitrogens with one attached hydrogen (secondary N) is 1. The number of aryl methyl sites for hydroxylation is 2. The number of fused-ring (bicyclic) bond motifs is 1. The minimum Gasteiger partial charge on any atom is -0.496 e. The van der Waals surface area contributed by atoms with Gasteiger partial charge in [-0.25, -0.2) is 4.98 Å². The van der Waals surface area contributed by atoms with Gasteiger partial charge in [-0.1, -0.05) is 0 Å². The Balaban J connectivity index is 1.61. The molecule has 0 atom stereocenters. The lowest BCUT2D eigenvalue weighted by Gasteiger charge is -2.29. The number of benzene rings is 2. The number of rotatable bonds is 6. The molecule has 0 saturated carbocycles. The molecule has 2 heterocycles. The van der Waals surface area contributed by atoms with Crippen molar-refractivity contribution in [1.82, 2.24) is 4.98 Å². The Morgan fingerprint density at radius 1 is 1.30 bits per heavy atom. The lowest BCUT2D eigenvalue weighted by Crippen LogP contribution is -2.43. The van der Waals surface area contributed by atoms with Crippen LogP contribution in [0.1, 0.15) is 9.88 Å². The van der Waals surface area contributed by atoms with Crippen molar-refractivity contribution in [2.24, 2.45) is 0 Å². The number of nitro groups is 1. The minimum atomic E-state index is -0.613. The van der Waals surface area contributed by atoms with Crippen LogP contribution in [0.25, 0.3) is 11.3 Å². The van der Waals surface area contributed by atoms with Gasteiger partial charge in [-0.05, 0) is 44.2 Å². The molecule has 33 heavy (non-hydrogen) atoms. The second kappa shape index (κ2) is 8.87. The fourth-order valence-electron chi connectivity index (χ4n) is 3.55. The highest BCUT2D eigenvalue weighted by atomic mass is 32.1. The summed E-state index contributed by atoms with van der Waals surface area (Å²) >= 11 is 1.57. The van der Waals surface area contributed by atoms with Crippen LogP contribution in [0.15, 0.2) is 36.4 Å². The van der Waals surface area contributed by atoms with Gasteiger partial charge >= 0.3 is 0 Å². The Morgan fingerprint density at radius 2 is 2.09 bits per heavy atom. The van der Waals surface area contributed by atoms with E-state index in [2.05, 4.69) is 10.3 Å². The first kappa shape index (κ1) is 22.2. The zero-order valence-electron chi connectivity index (χ0n) is 18.1. The summed E-state index contributed by atoms with van der Waals surface area (Å²) in [6, 6.07) is 9.46. The number of nitro benzene ring substituents is 1. The van der Waals surface area contributed by atoms with Gasteiger partial charge in [-0.2, -0.15) is 0 Å². The van der Waals surface area contributed by atoms with Crippen molar-refractivity contribution >= 4 is 40.2 Å². The summed E-state index contributed by atoms with van der Waals surface area (Å²) in [5, 5.41) is 14.8. The molecule has 0 saturated heterocycles. The van der Waals surface area contributed by atoms with Gasteiger partial charge in [0, 0.05) is 10.4 Å². The Morgan fingerprint density at radius 3 is 2.76 bits per heavy atom. The van der Waals surface area contributed by atoms with Crippen molar-refractivity contribution < 1.29 is 24.0 Å². The number of methoxy groups -OCH3 is 1. The van der Waals surface area contributed by atoms with Crippen LogP contribution in [0.4, 0.5) is 17.1 Å². The first-order valence-electron chi connectivity index (χ1n) is 9.90. The Hall–Kier alpha value is -3.99. The zero-order valence-corrected chi connectivity index (χ0v) is 18.9. The third kappa shape index (κ3) is 4.48. The second-order valence-corrected chi connectivity index (χ2v) is 8.68. The van der Waals surface area contributed by atoms with Crippen LogP contribution in [0.2, 0.25) is 0 Å². The predicted molar refractivity (Wildman–Crippen MR) is 123 cm³/mol. The van der Waals surface area contributed by atoms with Crippen molar-refractivity contribution in [2.45, 2.75) is 13.8 Å². The van der Waals surface area contributed by atoms with E-state index in [0.29, 0.717) is 11.4 Å². The van der Waals surface area contributed by atoms with Gasteiger partial charge in [-0.15, -0.1) is 11.3 Å². The zero-order chi connectivity index (χ0) is 23.7. The molecule has 3 aromatic rings. The standard InChI is InChI=1S/C22H20N4O6S/c1-12-22(23-13(2)33-12)14-4-7-19-18(8-14)25(21(28)11-32-19)10-20(27)24-16-6-5-15(31-3)9-17(16)26(29)30/h4-9H,10-11H2,1-3H3,(H,24,27). The molecule has 1 aliphatic rings. The quantitative estimate of drug-likeness (QED) is 0.432. The third-order valence-electron chi connectivity index (χ3n) is 5.06. The van der Waals surface area contributed by atoms with Gasteiger partial charge in [-0.3, -0.25) is 24.6 Å². The van der Waals surface area contributed by atoms with Crippen molar-refractivity contribution in [1.29, 1.82) is 0 Å². The summed E-state index contributed by atoms with van der Waals surface area (Å²) in [5.41, 5.74) is 1.73. The number of thiazole rings is 1. The van der Waals surface area contributed by atoms with Crippen LogP contribution in [-0.2, 0) is 9.59 Å². The monoisotopic (exact) mass is 468 g/mol. The minimum absolute atomic E-state index is 0.00838. The molecule has 0 fully saturated rings. The first-order valence-corrected chi connectivity index (χ1v) is 10.7. The molecule has 0 aliphatic carbocycles. The molecule has 1 aromatic heterocycles. The van der Waals surface area contributed by atoms with Crippen LogP contribution in [0, 0.1) is 24.0 Å². The first-order chi connectivity index (χ1) is 15.8. The topological polar surface area (TPSA) is 124 Å².